The minimum atomic E-state index is -2.82. The van der Waals surface area contributed by atoms with E-state index >= 15 is 0 Å². The van der Waals surface area contributed by atoms with Crippen molar-refractivity contribution in [1.29, 1.82) is 0 Å². The summed E-state index contributed by atoms with van der Waals surface area (Å²) in [4.78, 5) is 0. The summed E-state index contributed by atoms with van der Waals surface area (Å²) in [5, 5.41) is 4.12. The number of hydrogen-bond acceptors (Lipinski definition) is 4. The molecule has 0 amide bonds. The SMILES string of the molecule is CCNC1C(SCCS(C)(=O)=O)CCC1(C)C. The molecular weight excluding hydrogens is 254 g/mol. The van der Waals surface area contributed by atoms with Crippen molar-refractivity contribution < 1.29 is 8.42 Å². The Bertz CT molecular complexity index is 338. The molecule has 0 aromatic rings. The molecule has 1 rings (SSSR count). The molecule has 0 aromatic heterocycles. The van der Waals surface area contributed by atoms with Crippen LogP contribution in [0.1, 0.15) is 33.6 Å². The predicted molar refractivity (Wildman–Crippen MR) is 76.4 cm³/mol. The van der Waals surface area contributed by atoms with Gasteiger partial charge in [0.2, 0.25) is 0 Å². The normalized spacial score (nSPS) is 28.5. The average molecular weight is 279 g/mol. The van der Waals surface area contributed by atoms with Gasteiger partial charge in [0.1, 0.15) is 9.84 Å². The van der Waals surface area contributed by atoms with E-state index in [1.807, 2.05) is 11.8 Å². The van der Waals surface area contributed by atoms with E-state index in [2.05, 4.69) is 26.1 Å². The Morgan fingerprint density at radius 1 is 1.41 bits per heavy atom. The third-order valence-corrected chi connectivity index (χ3v) is 6.08. The summed E-state index contributed by atoms with van der Waals surface area (Å²) in [6.07, 6.45) is 3.73. The van der Waals surface area contributed by atoms with Crippen molar-refractivity contribution >= 4 is 21.6 Å². The lowest BCUT2D eigenvalue weighted by Gasteiger charge is -2.31. The van der Waals surface area contributed by atoms with Crippen molar-refractivity contribution in [1.82, 2.24) is 5.32 Å². The third-order valence-electron chi connectivity index (χ3n) is 3.50. The number of hydrogen-bond donors (Lipinski definition) is 1. The van der Waals surface area contributed by atoms with Crippen LogP contribution < -0.4 is 5.32 Å². The fourth-order valence-electron chi connectivity index (χ4n) is 2.50. The highest BCUT2D eigenvalue weighted by Gasteiger charge is 2.41. The van der Waals surface area contributed by atoms with Gasteiger partial charge < -0.3 is 5.32 Å². The summed E-state index contributed by atoms with van der Waals surface area (Å²) >= 11 is 1.82. The van der Waals surface area contributed by atoms with E-state index in [0.717, 1.165) is 12.3 Å². The van der Waals surface area contributed by atoms with Crippen molar-refractivity contribution in [3.05, 3.63) is 0 Å². The van der Waals surface area contributed by atoms with Crippen LogP contribution in [0.4, 0.5) is 0 Å². The molecule has 0 heterocycles. The number of rotatable bonds is 6. The molecule has 17 heavy (non-hydrogen) atoms. The van der Waals surface area contributed by atoms with Crippen LogP contribution in [-0.4, -0.2) is 44.0 Å². The monoisotopic (exact) mass is 279 g/mol. The highest BCUT2D eigenvalue weighted by Crippen LogP contribution is 2.42. The lowest BCUT2D eigenvalue weighted by atomic mass is 9.87. The summed E-state index contributed by atoms with van der Waals surface area (Å²) in [6.45, 7) is 7.72. The molecule has 2 unspecified atom stereocenters. The van der Waals surface area contributed by atoms with E-state index in [9.17, 15) is 8.42 Å². The Hall–Kier alpha value is 0.260. The quantitative estimate of drug-likeness (QED) is 0.807. The van der Waals surface area contributed by atoms with Gasteiger partial charge >= 0.3 is 0 Å². The summed E-state index contributed by atoms with van der Waals surface area (Å²) in [6, 6.07) is 0.511. The van der Waals surface area contributed by atoms with Crippen LogP contribution in [0, 0.1) is 5.41 Å². The van der Waals surface area contributed by atoms with Gasteiger partial charge in [0.15, 0.2) is 0 Å². The molecule has 2 atom stereocenters. The standard InChI is InChI=1S/C12H25NO2S2/c1-5-13-11-10(6-7-12(11,2)3)16-8-9-17(4,14)15/h10-11,13H,5-9H2,1-4H3. The van der Waals surface area contributed by atoms with Crippen LogP contribution in [0.25, 0.3) is 0 Å². The van der Waals surface area contributed by atoms with Crippen molar-refractivity contribution in [3.63, 3.8) is 0 Å². The van der Waals surface area contributed by atoms with Crippen molar-refractivity contribution in [3.8, 4) is 0 Å². The zero-order chi connectivity index (χ0) is 13.1. The molecule has 1 N–H and O–H groups in total. The Labute approximate surface area is 110 Å². The average Bonchev–Trinajstić information content (AvgIpc) is 2.43. The molecule has 1 saturated carbocycles. The minimum absolute atomic E-state index is 0.299. The first kappa shape index (κ1) is 15.3. The maximum Gasteiger partial charge on any atom is 0.148 e. The Balaban J connectivity index is 2.48. The fourth-order valence-corrected chi connectivity index (χ4v) is 5.34. The van der Waals surface area contributed by atoms with Gasteiger partial charge in [-0.1, -0.05) is 20.8 Å². The second kappa shape index (κ2) is 5.93. The Morgan fingerprint density at radius 3 is 2.59 bits per heavy atom. The smallest absolute Gasteiger partial charge is 0.148 e. The molecule has 0 saturated heterocycles. The fraction of sp³-hybridized carbons (Fsp3) is 1.00. The molecule has 1 aliphatic rings. The van der Waals surface area contributed by atoms with E-state index in [1.54, 1.807) is 0 Å². The van der Waals surface area contributed by atoms with E-state index < -0.39 is 9.84 Å². The van der Waals surface area contributed by atoms with Crippen LogP contribution in [-0.2, 0) is 9.84 Å². The first-order valence-electron chi connectivity index (χ1n) is 6.29. The molecule has 1 fully saturated rings. The third kappa shape index (κ3) is 4.79. The zero-order valence-corrected chi connectivity index (χ0v) is 13.0. The van der Waals surface area contributed by atoms with Gasteiger partial charge in [0.25, 0.3) is 0 Å². The van der Waals surface area contributed by atoms with Crippen LogP contribution in [0.2, 0.25) is 0 Å². The number of thioether (sulfide) groups is 1. The number of nitrogens with one attached hydrogen (secondary N) is 1. The van der Waals surface area contributed by atoms with Crippen LogP contribution in [0.3, 0.4) is 0 Å². The van der Waals surface area contributed by atoms with Crippen LogP contribution in [0.15, 0.2) is 0 Å². The summed E-state index contributed by atoms with van der Waals surface area (Å²) < 4.78 is 22.2. The lowest BCUT2D eigenvalue weighted by molar-refractivity contribution is 0.290. The van der Waals surface area contributed by atoms with Gasteiger partial charge in [0, 0.05) is 23.3 Å². The van der Waals surface area contributed by atoms with Crippen LogP contribution in [0.5, 0.6) is 0 Å². The predicted octanol–water partition coefficient (Wildman–Crippen LogP) is 1.93. The number of sulfone groups is 1. The van der Waals surface area contributed by atoms with E-state index in [4.69, 9.17) is 0 Å². The van der Waals surface area contributed by atoms with Crippen molar-refractivity contribution in [2.45, 2.75) is 44.9 Å². The molecule has 0 spiro atoms. The topological polar surface area (TPSA) is 46.2 Å². The van der Waals surface area contributed by atoms with Gasteiger partial charge in [0.05, 0.1) is 5.75 Å². The summed E-state index contributed by atoms with van der Waals surface area (Å²) in [5.74, 6) is 1.02. The molecule has 0 radical (unpaired) electrons. The molecule has 0 aromatic carbocycles. The second-order valence-electron chi connectivity index (χ2n) is 5.60. The van der Waals surface area contributed by atoms with Gasteiger partial charge in [-0.3, -0.25) is 0 Å². The van der Waals surface area contributed by atoms with Crippen LogP contribution >= 0.6 is 11.8 Å². The summed E-state index contributed by atoms with van der Waals surface area (Å²) in [7, 11) is -2.82. The molecular formula is C12H25NO2S2. The van der Waals surface area contributed by atoms with Gasteiger partial charge in [-0.15, -0.1) is 0 Å². The summed E-state index contributed by atoms with van der Waals surface area (Å²) in [5.41, 5.74) is 0.332. The molecule has 1 aliphatic carbocycles. The zero-order valence-electron chi connectivity index (χ0n) is 11.3. The van der Waals surface area contributed by atoms with Gasteiger partial charge in [-0.05, 0) is 24.8 Å². The van der Waals surface area contributed by atoms with E-state index in [0.29, 0.717) is 22.5 Å². The molecule has 3 nitrogen and oxygen atoms in total. The minimum Gasteiger partial charge on any atom is -0.313 e. The Morgan fingerprint density at radius 2 is 2.06 bits per heavy atom. The molecule has 0 aliphatic heterocycles. The first-order chi connectivity index (χ1) is 7.76. The largest absolute Gasteiger partial charge is 0.313 e. The maximum absolute atomic E-state index is 11.1. The van der Waals surface area contributed by atoms with E-state index in [1.165, 1.54) is 19.1 Å². The maximum atomic E-state index is 11.1. The van der Waals surface area contributed by atoms with Crippen molar-refractivity contribution in [2.24, 2.45) is 5.41 Å². The highest BCUT2D eigenvalue weighted by atomic mass is 32.2. The van der Waals surface area contributed by atoms with Gasteiger partial charge in [-0.2, -0.15) is 11.8 Å². The van der Waals surface area contributed by atoms with E-state index in [-0.39, 0.29) is 0 Å². The molecule has 5 heteroatoms. The molecule has 0 bridgehead atoms. The van der Waals surface area contributed by atoms with Crippen molar-refractivity contribution in [2.75, 3.05) is 24.3 Å². The highest BCUT2D eigenvalue weighted by molar-refractivity contribution is 8.01. The lowest BCUT2D eigenvalue weighted by Crippen LogP contribution is -2.43. The Kier molecular flexibility index (Phi) is 5.35. The first-order valence-corrected chi connectivity index (χ1v) is 9.40. The van der Waals surface area contributed by atoms with Gasteiger partial charge in [-0.25, -0.2) is 8.42 Å². The molecule has 102 valence electrons. The second-order valence-corrected chi connectivity index (χ2v) is 9.21.